The summed E-state index contributed by atoms with van der Waals surface area (Å²) in [5.74, 6) is 0.258. The average Bonchev–Trinajstić information content (AvgIpc) is 2.43. The van der Waals surface area contributed by atoms with Gasteiger partial charge in [-0.25, -0.2) is 0 Å². The molecule has 0 spiro atoms. The van der Waals surface area contributed by atoms with E-state index in [1.165, 1.54) is 4.90 Å². The molecular weight excluding hydrogens is 252 g/mol. The highest BCUT2D eigenvalue weighted by Crippen LogP contribution is 2.09. The fourth-order valence-corrected chi connectivity index (χ4v) is 1.63. The van der Waals surface area contributed by atoms with Gasteiger partial charge < -0.3 is 10.2 Å². The van der Waals surface area contributed by atoms with Crippen LogP contribution >= 0.6 is 11.6 Å². The monoisotopic (exact) mass is 268 g/mol. The molecule has 5 heteroatoms. The van der Waals surface area contributed by atoms with E-state index in [1.54, 1.807) is 26.2 Å². The number of alkyl halides is 1. The highest BCUT2D eigenvalue weighted by molar-refractivity contribution is 6.17. The van der Waals surface area contributed by atoms with Gasteiger partial charge in [-0.05, 0) is 17.7 Å². The van der Waals surface area contributed by atoms with Crippen molar-refractivity contribution in [3.05, 3.63) is 35.4 Å². The lowest BCUT2D eigenvalue weighted by Crippen LogP contribution is -2.31. The Morgan fingerprint density at radius 1 is 1.28 bits per heavy atom. The number of hydrogen-bond donors (Lipinski definition) is 1. The van der Waals surface area contributed by atoms with Gasteiger partial charge in [-0.15, -0.1) is 11.6 Å². The van der Waals surface area contributed by atoms with Crippen LogP contribution in [0.5, 0.6) is 0 Å². The summed E-state index contributed by atoms with van der Waals surface area (Å²) in [5.41, 5.74) is 1.57. The quantitative estimate of drug-likeness (QED) is 0.826. The first-order valence-corrected chi connectivity index (χ1v) is 6.23. The van der Waals surface area contributed by atoms with Crippen molar-refractivity contribution in [2.45, 2.75) is 12.3 Å². The minimum absolute atomic E-state index is 0.0767. The van der Waals surface area contributed by atoms with Crippen LogP contribution < -0.4 is 5.32 Å². The van der Waals surface area contributed by atoms with Crippen LogP contribution in [-0.2, 0) is 10.7 Å². The van der Waals surface area contributed by atoms with Crippen LogP contribution in [0.15, 0.2) is 24.3 Å². The number of halogens is 1. The third-order valence-corrected chi connectivity index (χ3v) is 2.96. The van der Waals surface area contributed by atoms with Crippen LogP contribution in [-0.4, -0.2) is 37.4 Å². The summed E-state index contributed by atoms with van der Waals surface area (Å²) in [6, 6.07) is 7.15. The molecule has 0 unspecified atom stereocenters. The van der Waals surface area contributed by atoms with Crippen molar-refractivity contribution >= 4 is 23.4 Å². The van der Waals surface area contributed by atoms with Gasteiger partial charge in [-0.3, -0.25) is 9.59 Å². The van der Waals surface area contributed by atoms with Crippen molar-refractivity contribution in [1.82, 2.24) is 10.2 Å². The average molecular weight is 269 g/mol. The minimum atomic E-state index is -0.0972. The number of carbonyl (C=O) groups excluding carboxylic acids is 2. The first-order chi connectivity index (χ1) is 8.58. The molecular formula is C13H17ClN2O2. The van der Waals surface area contributed by atoms with E-state index in [9.17, 15) is 9.59 Å². The lowest BCUT2D eigenvalue weighted by atomic mass is 10.1. The Balaban J connectivity index is 2.59. The Morgan fingerprint density at radius 2 is 1.89 bits per heavy atom. The van der Waals surface area contributed by atoms with E-state index in [2.05, 4.69) is 5.32 Å². The fraction of sp³-hybridized carbons (Fsp3) is 0.385. The summed E-state index contributed by atoms with van der Waals surface area (Å²) in [6.45, 7) is 0.399. The van der Waals surface area contributed by atoms with E-state index in [4.69, 9.17) is 11.6 Å². The number of benzene rings is 1. The van der Waals surface area contributed by atoms with Gasteiger partial charge in [0.25, 0.3) is 5.91 Å². The molecule has 98 valence electrons. The number of carbonyl (C=O) groups is 2. The maximum absolute atomic E-state index is 12.0. The summed E-state index contributed by atoms with van der Waals surface area (Å²) in [4.78, 5) is 24.6. The number of hydrogen-bond acceptors (Lipinski definition) is 2. The molecule has 18 heavy (non-hydrogen) atoms. The molecule has 0 fully saturated rings. The molecule has 0 aliphatic carbocycles. The van der Waals surface area contributed by atoms with Gasteiger partial charge in [0.1, 0.15) is 0 Å². The Morgan fingerprint density at radius 3 is 2.39 bits per heavy atom. The molecule has 0 aliphatic rings. The second-order valence-electron chi connectivity index (χ2n) is 3.98. The van der Waals surface area contributed by atoms with Crippen molar-refractivity contribution in [2.24, 2.45) is 0 Å². The molecule has 0 saturated carbocycles. The van der Waals surface area contributed by atoms with Gasteiger partial charge in [0.2, 0.25) is 5.91 Å². The predicted molar refractivity (Wildman–Crippen MR) is 71.6 cm³/mol. The number of amides is 2. The number of nitrogens with one attached hydrogen (secondary N) is 1. The van der Waals surface area contributed by atoms with Crippen LogP contribution in [0, 0.1) is 0 Å². The van der Waals surface area contributed by atoms with Gasteiger partial charge in [0, 0.05) is 38.5 Å². The standard InChI is InChI=1S/C13H17ClN2O2/c1-15-12(17)7-8-16(2)13(18)11-5-3-10(9-14)4-6-11/h3-6H,7-9H2,1-2H3,(H,15,17). The molecule has 0 saturated heterocycles. The third-order valence-electron chi connectivity index (χ3n) is 2.66. The smallest absolute Gasteiger partial charge is 0.253 e. The van der Waals surface area contributed by atoms with Gasteiger partial charge in [0.05, 0.1) is 0 Å². The van der Waals surface area contributed by atoms with Crippen molar-refractivity contribution in [3.63, 3.8) is 0 Å². The fourth-order valence-electron chi connectivity index (χ4n) is 1.45. The molecule has 0 bridgehead atoms. The second kappa shape index (κ2) is 7.01. The molecule has 1 rings (SSSR count). The van der Waals surface area contributed by atoms with Crippen molar-refractivity contribution in [2.75, 3.05) is 20.6 Å². The van der Waals surface area contributed by atoms with Gasteiger partial charge >= 0.3 is 0 Å². The van der Waals surface area contributed by atoms with E-state index in [-0.39, 0.29) is 11.8 Å². The lowest BCUT2D eigenvalue weighted by molar-refractivity contribution is -0.120. The van der Waals surface area contributed by atoms with Crippen LogP contribution in [0.1, 0.15) is 22.3 Å². The lowest BCUT2D eigenvalue weighted by Gasteiger charge is -2.16. The van der Waals surface area contributed by atoms with Gasteiger partial charge in [-0.2, -0.15) is 0 Å². The first kappa shape index (κ1) is 14.5. The molecule has 4 nitrogen and oxygen atoms in total. The normalized spacial score (nSPS) is 9.94. The highest BCUT2D eigenvalue weighted by atomic mass is 35.5. The minimum Gasteiger partial charge on any atom is -0.359 e. The van der Waals surface area contributed by atoms with E-state index in [1.807, 2.05) is 12.1 Å². The third kappa shape index (κ3) is 4.04. The van der Waals surface area contributed by atoms with Crippen LogP contribution in [0.3, 0.4) is 0 Å². The summed E-state index contributed by atoms with van der Waals surface area (Å²) in [7, 11) is 3.26. The predicted octanol–water partition coefficient (Wildman–Crippen LogP) is 1.63. The Kier molecular flexibility index (Phi) is 5.65. The Bertz CT molecular complexity index is 418. The molecule has 0 aromatic heterocycles. The van der Waals surface area contributed by atoms with Crippen LogP contribution in [0.4, 0.5) is 0 Å². The molecule has 1 N–H and O–H groups in total. The summed E-state index contributed by atoms with van der Waals surface area (Å²) < 4.78 is 0. The number of nitrogens with zero attached hydrogens (tertiary/aromatic N) is 1. The summed E-state index contributed by atoms with van der Waals surface area (Å²) in [6.07, 6.45) is 0.304. The molecule has 0 aliphatic heterocycles. The zero-order valence-corrected chi connectivity index (χ0v) is 11.3. The summed E-state index contributed by atoms with van der Waals surface area (Å²) >= 11 is 5.68. The van der Waals surface area contributed by atoms with Crippen molar-refractivity contribution in [1.29, 1.82) is 0 Å². The second-order valence-corrected chi connectivity index (χ2v) is 4.25. The van der Waals surface area contributed by atoms with Crippen molar-refractivity contribution in [3.8, 4) is 0 Å². The molecule has 2 amide bonds. The van der Waals surface area contributed by atoms with Gasteiger partial charge in [0.15, 0.2) is 0 Å². The highest BCUT2D eigenvalue weighted by Gasteiger charge is 2.12. The zero-order valence-electron chi connectivity index (χ0n) is 10.6. The maximum atomic E-state index is 12.0. The molecule has 0 heterocycles. The Labute approximate surface area is 112 Å². The molecule has 1 aromatic carbocycles. The Hall–Kier alpha value is -1.55. The van der Waals surface area contributed by atoms with Crippen LogP contribution in [0.2, 0.25) is 0 Å². The van der Waals surface area contributed by atoms with Crippen molar-refractivity contribution < 1.29 is 9.59 Å². The van der Waals surface area contributed by atoms with Gasteiger partial charge in [-0.1, -0.05) is 12.1 Å². The van der Waals surface area contributed by atoms with E-state index < -0.39 is 0 Å². The zero-order chi connectivity index (χ0) is 13.5. The number of rotatable bonds is 5. The van der Waals surface area contributed by atoms with Crippen LogP contribution in [0.25, 0.3) is 0 Å². The summed E-state index contributed by atoms with van der Waals surface area (Å²) in [5, 5.41) is 2.52. The maximum Gasteiger partial charge on any atom is 0.253 e. The molecule has 0 atom stereocenters. The molecule has 1 aromatic rings. The SMILES string of the molecule is CNC(=O)CCN(C)C(=O)c1ccc(CCl)cc1. The largest absolute Gasteiger partial charge is 0.359 e. The first-order valence-electron chi connectivity index (χ1n) is 5.69. The molecule has 0 radical (unpaired) electrons. The van der Waals surface area contributed by atoms with E-state index >= 15 is 0 Å². The van der Waals surface area contributed by atoms with E-state index in [0.29, 0.717) is 24.4 Å². The topological polar surface area (TPSA) is 49.4 Å². The van der Waals surface area contributed by atoms with E-state index in [0.717, 1.165) is 5.56 Å².